The summed E-state index contributed by atoms with van der Waals surface area (Å²) in [6.07, 6.45) is 9.55. The molecule has 0 atom stereocenters. The molecule has 0 radical (unpaired) electrons. The normalized spacial score (nSPS) is 12.9. The molecule has 0 saturated carbocycles. The Bertz CT molecular complexity index is 340. The van der Waals surface area contributed by atoms with Crippen molar-refractivity contribution in [3.8, 4) is 0 Å². The van der Waals surface area contributed by atoms with Gasteiger partial charge in [0.15, 0.2) is 17.9 Å². The third-order valence-electron chi connectivity index (χ3n) is 2.81. The topological polar surface area (TPSA) is 74.6 Å². The Hall–Kier alpha value is -1.26. The van der Waals surface area contributed by atoms with Crippen molar-refractivity contribution in [3.05, 3.63) is 23.8 Å². The molecule has 0 spiro atoms. The Morgan fingerprint density at radius 1 is 1.16 bits per heavy atom. The highest BCUT2D eigenvalue weighted by atomic mass is 16.5. The summed E-state index contributed by atoms with van der Waals surface area (Å²) in [5, 5.41) is 18.8. The molecule has 0 fully saturated rings. The fraction of sp³-hybridized carbons (Fsp3) is 0.600. The predicted molar refractivity (Wildman–Crippen MR) is 74.5 cm³/mol. The Kier molecular flexibility index (Phi) is 9.00. The lowest BCUT2D eigenvalue weighted by Crippen LogP contribution is -2.25. The van der Waals surface area contributed by atoms with Crippen LogP contribution in [0.3, 0.4) is 0 Å². The minimum absolute atomic E-state index is 0.0123. The molecule has 0 amide bonds. The molecule has 4 nitrogen and oxygen atoms in total. The van der Waals surface area contributed by atoms with Gasteiger partial charge in [0.2, 0.25) is 0 Å². The number of allylic oxidation sites excluding steroid dienone is 3. The van der Waals surface area contributed by atoms with E-state index in [-0.39, 0.29) is 12.0 Å². The molecule has 0 rings (SSSR count). The lowest BCUT2D eigenvalue weighted by Gasteiger charge is -2.14. The van der Waals surface area contributed by atoms with Crippen LogP contribution in [0.5, 0.6) is 0 Å². The van der Waals surface area contributed by atoms with Gasteiger partial charge in [0.25, 0.3) is 0 Å². The molecule has 0 aromatic carbocycles. The second kappa shape index (κ2) is 9.64. The fourth-order valence-electron chi connectivity index (χ4n) is 1.49. The zero-order valence-electron chi connectivity index (χ0n) is 11.8. The largest absolute Gasteiger partial charge is 0.362 e. The van der Waals surface area contributed by atoms with Crippen molar-refractivity contribution >= 4 is 12.1 Å². The van der Waals surface area contributed by atoms with Crippen LogP contribution in [0.4, 0.5) is 0 Å². The van der Waals surface area contributed by atoms with Gasteiger partial charge in [0, 0.05) is 6.42 Å². The molecule has 108 valence electrons. The van der Waals surface area contributed by atoms with Gasteiger partial charge in [-0.15, -0.1) is 0 Å². The minimum Gasteiger partial charge on any atom is -0.362 e. The molecule has 2 N–H and O–H groups in total. The minimum atomic E-state index is -2.11. The molecule has 0 bridgehead atoms. The van der Waals surface area contributed by atoms with Crippen LogP contribution in [0.1, 0.15) is 52.4 Å². The molecule has 0 aliphatic heterocycles. The van der Waals surface area contributed by atoms with E-state index in [2.05, 4.69) is 6.92 Å². The van der Waals surface area contributed by atoms with E-state index in [1.165, 1.54) is 12.5 Å². The van der Waals surface area contributed by atoms with E-state index in [0.717, 1.165) is 31.8 Å². The lowest BCUT2D eigenvalue weighted by atomic mass is 10.1. The summed E-state index contributed by atoms with van der Waals surface area (Å²) in [4.78, 5) is 22.4. The van der Waals surface area contributed by atoms with Crippen LogP contribution in [0.15, 0.2) is 23.8 Å². The number of aldehydes is 1. The van der Waals surface area contributed by atoms with Crippen molar-refractivity contribution < 1.29 is 19.8 Å². The first kappa shape index (κ1) is 17.7. The number of ketones is 1. The first-order valence-corrected chi connectivity index (χ1v) is 6.80. The summed E-state index contributed by atoms with van der Waals surface area (Å²) in [6, 6.07) is 0. The van der Waals surface area contributed by atoms with E-state index in [9.17, 15) is 19.8 Å². The fourth-order valence-corrected chi connectivity index (χ4v) is 1.49. The number of hydrogen-bond acceptors (Lipinski definition) is 4. The van der Waals surface area contributed by atoms with Crippen molar-refractivity contribution in [3.63, 3.8) is 0 Å². The number of carbonyl (C=O) groups is 2. The number of hydrogen-bond donors (Lipinski definition) is 2. The number of rotatable bonds is 10. The van der Waals surface area contributed by atoms with Crippen molar-refractivity contribution in [1.82, 2.24) is 0 Å². The molecule has 0 unspecified atom stereocenters. The maximum absolute atomic E-state index is 11.6. The second-order valence-electron chi connectivity index (χ2n) is 4.57. The van der Waals surface area contributed by atoms with Crippen LogP contribution in [-0.2, 0) is 9.59 Å². The SMILES string of the molecule is CCCCCCC=CC(=O)C(C=O)=CC(O)(O)CC. The van der Waals surface area contributed by atoms with Gasteiger partial charge >= 0.3 is 0 Å². The summed E-state index contributed by atoms with van der Waals surface area (Å²) in [5.41, 5.74) is -0.225. The molecular formula is C15H24O4. The first-order chi connectivity index (χ1) is 8.96. The molecule has 0 heterocycles. The van der Waals surface area contributed by atoms with Gasteiger partial charge in [0.1, 0.15) is 0 Å². The highest BCUT2D eigenvalue weighted by Crippen LogP contribution is 2.11. The first-order valence-electron chi connectivity index (χ1n) is 6.80. The Morgan fingerprint density at radius 2 is 1.84 bits per heavy atom. The van der Waals surface area contributed by atoms with E-state index in [4.69, 9.17) is 0 Å². The molecule has 0 aromatic heterocycles. The molecule has 4 heteroatoms. The van der Waals surface area contributed by atoms with Crippen LogP contribution in [0.25, 0.3) is 0 Å². The highest BCUT2D eigenvalue weighted by Gasteiger charge is 2.19. The van der Waals surface area contributed by atoms with E-state index in [1.54, 1.807) is 13.0 Å². The van der Waals surface area contributed by atoms with Crippen molar-refractivity contribution in [2.24, 2.45) is 0 Å². The van der Waals surface area contributed by atoms with Gasteiger partial charge in [-0.05, 0) is 25.0 Å². The summed E-state index contributed by atoms with van der Waals surface area (Å²) in [7, 11) is 0. The van der Waals surface area contributed by atoms with Crippen LogP contribution in [0, 0.1) is 0 Å². The van der Waals surface area contributed by atoms with E-state index in [0.29, 0.717) is 6.29 Å². The second-order valence-corrected chi connectivity index (χ2v) is 4.57. The Labute approximate surface area is 114 Å². The van der Waals surface area contributed by atoms with E-state index >= 15 is 0 Å². The van der Waals surface area contributed by atoms with Crippen LogP contribution >= 0.6 is 0 Å². The maximum atomic E-state index is 11.6. The highest BCUT2D eigenvalue weighted by molar-refractivity contribution is 6.17. The monoisotopic (exact) mass is 268 g/mol. The molecule has 0 aliphatic carbocycles. The zero-order chi connectivity index (χ0) is 14.7. The summed E-state index contributed by atoms with van der Waals surface area (Å²) < 4.78 is 0. The number of aliphatic hydroxyl groups is 2. The summed E-state index contributed by atoms with van der Waals surface area (Å²) >= 11 is 0. The molecule has 0 aromatic rings. The predicted octanol–water partition coefficient (Wildman–Crippen LogP) is 2.30. The number of carbonyl (C=O) groups excluding carboxylic acids is 2. The average molecular weight is 268 g/mol. The van der Waals surface area contributed by atoms with Gasteiger partial charge in [-0.25, -0.2) is 0 Å². The third-order valence-corrected chi connectivity index (χ3v) is 2.81. The standard InChI is InChI=1S/C15H24O4/c1-3-5-6-7-8-9-10-14(17)13(12-16)11-15(18,19)4-2/h9-12,18-19H,3-8H2,1-2H3. The number of unbranched alkanes of at least 4 members (excludes halogenated alkanes) is 4. The quantitative estimate of drug-likeness (QED) is 0.159. The van der Waals surface area contributed by atoms with Crippen molar-refractivity contribution in [1.29, 1.82) is 0 Å². The van der Waals surface area contributed by atoms with Crippen LogP contribution in [-0.4, -0.2) is 28.1 Å². The molecule has 19 heavy (non-hydrogen) atoms. The van der Waals surface area contributed by atoms with E-state index in [1.807, 2.05) is 0 Å². The molecular weight excluding hydrogens is 244 g/mol. The van der Waals surface area contributed by atoms with Gasteiger partial charge in [-0.2, -0.15) is 0 Å². The third kappa shape index (κ3) is 8.46. The average Bonchev–Trinajstić information content (AvgIpc) is 2.39. The van der Waals surface area contributed by atoms with Gasteiger partial charge in [-0.1, -0.05) is 39.2 Å². The Balaban J connectivity index is 4.37. The Morgan fingerprint density at radius 3 is 2.37 bits per heavy atom. The smallest absolute Gasteiger partial charge is 0.188 e. The van der Waals surface area contributed by atoms with Crippen molar-refractivity contribution in [2.75, 3.05) is 0 Å². The maximum Gasteiger partial charge on any atom is 0.188 e. The summed E-state index contributed by atoms with van der Waals surface area (Å²) in [6.45, 7) is 3.68. The van der Waals surface area contributed by atoms with Crippen LogP contribution < -0.4 is 0 Å². The van der Waals surface area contributed by atoms with Gasteiger partial charge < -0.3 is 10.2 Å². The van der Waals surface area contributed by atoms with Gasteiger partial charge in [0.05, 0.1) is 5.57 Å². The van der Waals surface area contributed by atoms with Crippen molar-refractivity contribution in [2.45, 2.75) is 58.2 Å². The zero-order valence-corrected chi connectivity index (χ0v) is 11.8. The van der Waals surface area contributed by atoms with Crippen LogP contribution in [0.2, 0.25) is 0 Å². The van der Waals surface area contributed by atoms with Gasteiger partial charge in [-0.3, -0.25) is 9.59 Å². The lowest BCUT2D eigenvalue weighted by molar-refractivity contribution is -0.124. The molecule has 0 saturated heterocycles. The molecule has 0 aliphatic rings. The summed E-state index contributed by atoms with van der Waals surface area (Å²) in [5.74, 6) is -2.60. The van der Waals surface area contributed by atoms with E-state index < -0.39 is 11.6 Å².